The Morgan fingerprint density at radius 3 is 2.77 bits per heavy atom. The van der Waals surface area contributed by atoms with Crippen LogP contribution < -0.4 is 5.73 Å². The van der Waals surface area contributed by atoms with E-state index in [2.05, 4.69) is 20.2 Å². The lowest BCUT2D eigenvalue weighted by atomic mass is 10.0. The first-order chi connectivity index (χ1) is 14.8. The number of fused-ring (bicyclic) bond motifs is 3. The molecule has 162 valence electrons. The number of nitrogens with zero attached hydrogens (tertiary/aromatic N) is 6. The lowest BCUT2D eigenvalue weighted by Gasteiger charge is -2.24. The van der Waals surface area contributed by atoms with Gasteiger partial charge in [0.25, 0.3) is 5.91 Å². The minimum atomic E-state index is -0.357. The number of amides is 1. The van der Waals surface area contributed by atoms with Gasteiger partial charge >= 0.3 is 0 Å². The summed E-state index contributed by atoms with van der Waals surface area (Å²) in [7, 11) is 1.74. The SMILES string of the molecule is Cc1cc(F)cc2c1nc(N)n1nc([C@@H](C)CC[C@H](C)N(C)C(=O)c3ccon3)nc21. The number of rotatable bonds is 6. The summed E-state index contributed by atoms with van der Waals surface area (Å²) in [5, 5.41) is 8.78. The quantitative estimate of drug-likeness (QED) is 0.504. The molecule has 0 aliphatic heterocycles. The molecule has 10 heteroatoms. The first kappa shape index (κ1) is 20.7. The van der Waals surface area contributed by atoms with Gasteiger partial charge < -0.3 is 15.2 Å². The molecule has 2 atom stereocenters. The first-order valence-corrected chi connectivity index (χ1v) is 10.1. The third kappa shape index (κ3) is 3.80. The van der Waals surface area contributed by atoms with Crippen molar-refractivity contribution in [3.8, 4) is 0 Å². The number of carbonyl (C=O) groups is 1. The number of hydrogen-bond donors (Lipinski definition) is 1. The zero-order valence-electron chi connectivity index (χ0n) is 17.8. The van der Waals surface area contributed by atoms with Gasteiger partial charge in [-0.3, -0.25) is 4.79 Å². The van der Waals surface area contributed by atoms with E-state index in [0.717, 1.165) is 12.8 Å². The van der Waals surface area contributed by atoms with Gasteiger partial charge in [0.2, 0.25) is 5.95 Å². The van der Waals surface area contributed by atoms with Crippen molar-refractivity contribution in [3.05, 3.63) is 47.4 Å². The van der Waals surface area contributed by atoms with Gasteiger partial charge in [-0.15, -0.1) is 5.10 Å². The van der Waals surface area contributed by atoms with Crippen LogP contribution in [0.4, 0.5) is 10.3 Å². The largest absolute Gasteiger partial charge is 0.368 e. The van der Waals surface area contributed by atoms with Gasteiger partial charge in [-0.2, -0.15) is 4.52 Å². The molecule has 3 aromatic heterocycles. The van der Waals surface area contributed by atoms with Gasteiger partial charge in [0.05, 0.1) is 5.52 Å². The summed E-state index contributed by atoms with van der Waals surface area (Å²) in [5.41, 5.74) is 8.15. The number of hydrogen-bond acceptors (Lipinski definition) is 7. The van der Waals surface area contributed by atoms with E-state index in [9.17, 15) is 9.18 Å². The normalized spacial score (nSPS) is 13.6. The number of nitrogens with two attached hydrogens (primary N) is 1. The first-order valence-electron chi connectivity index (χ1n) is 10.1. The summed E-state index contributed by atoms with van der Waals surface area (Å²) in [4.78, 5) is 23.1. The molecule has 0 aliphatic rings. The maximum Gasteiger partial charge on any atom is 0.276 e. The Hall–Kier alpha value is -3.56. The van der Waals surface area contributed by atoms with Gasteiger partial charge in [0.1, 0.15) is 12.1 Å². The van der Waals surface area contributed by atoms with Crippen molar-refractivity contribution in [2.24, 2.45) is 0 Å². The van der Waals surface area contributed by atoms with Crippen molar-refractivity contribution in [2.75, 3.05) is 12.8 Å². The molecule has 0 radical (unpaired) electrons. The molecular formula is C21H24FN7O2. The van der Waals surface area contributed by atoms with Gasteiger partial charge in [-0.1, -0.05) is 12.1 Å². The maximum atomic E-state index is 14.0. The number of aryl methyl sites for hydroxylation is 1. The van der Waals surface area contributed by atoms with Gasteiger partial charge in [-0.25, -0.2) is 14.4 Å². The van der Waals surface area contributed by atoms with E-state index < -0.39 is 0 Å². The molecule has 2 N–H and O–H groups in total. The smallest absolute Gasteiger partial charge is 0.276 e. The van der Waals surface area contributed by atoms with Gasteiger partial charge in [0, 0.05) is 30.5 Å². The summed E-state index contributed by atoms with van der Waals surface area (Å²) in [6.45, 7) is 5.77. The Balaban J connectivity index is 1.54. The van der Waals surface area contributed by atoms with Crippen LogP contribution >= 0.6 is 0 Å². The molecule has 0 unspecified atom stereocenters. The van der Waals surface area contributed by atoms with Gasteiger partial charge in [-0.05, 0) is 44.4 Å². The van der Waals surface area contributed by atoms with Crippen molar-refractivity contribution in [1.82, 2.24) is 29.6 Å². The molecule has 0 saturated heterocycles. The average molecular weight is 425 g/mol. The Morgan fingerprint density at radius 2 is 2.06 bits per heavy atom. The van der Waals surface area contributed by atoms with Crippen LogP contribution in [0, 0.1) is 12.7 Å². The molecular weight excluding hydrogens is 401 g/mol. The molecule has 3 heterocycles. The molecule has 0 aliphatic carbocycles. The molecule has 1 aromatic carbocycles. The minimum Gasteiger partial charge on any atom is -0.368 e. The summed E-state index contributed by atoms with van der Waals surface area (Å²) in [5.74, 6) is 0.254. The van der Waals surface area contributed by atoms with Crippen LogP contribution in [0.25, 0.3) is 16.6 Å². The number of nitrogen functional groups attached to an aromatic ring is 1. The van der Waals surface area contributed by atoms with Crippen molar-refractivity contribution in [2.45, 2.75) is 45.6 Å². The fourth-order valence-electron chi connectivity index (χ4n) is 3.60. The third-order valence-electron chi connectivity index (χ3n) is 5.67. The van der Waals surface area contributed by atoms with E-state index in [-0.39, 0.29) is 35.3 Å². The topological polar surface area (TPSA) is 115 Å². The highest BCUT2D eigenvalue weighted by molar-refractivity contribution is 5.94. The Kier molecular flexibility index (Phi) is 5.30. The fraction of sp³-hybridized carbons (Fsp3) is 0.381. The van der Waals surface area contributed by atoms with Crippen LogP contribution in [0.1, 0.15) is 54.5 Å². The van der Waals surface area contributed by atoms with Crippen molar-refractivity contribution in [3.63, 3.8) is 0 Å². The van der Waals surface area contributed by atoms with E-state index in [1.807, 2.05) is 13.8 Å². The molecule has 0 fully saturated rings. The molecule has 1 amide bonds. The molecule has 4 rings (SSSR count). The van der Waals surface area contributed by atoms with Crippen LogP contribution in [0.5, 0.6) is 0 Å². The maximum absolute atomic E-state index is 14.0. The van der Waals surface area contributed by atoms with Crippen LogP contribution in [0.3, 0.4) is 0 Å². The number of anilines is 1. The highest BCUT2D eigenvalue weighted by atomic mass is 19.1. The Labute approximate surface area is 178 Å². The van der Waals surface area contributed by atoms with E-state index in [1.54, 1.807) is 24.9 Å². The van der Waals surface area contributed by atoms with Gasteiger partial charge in [0.15, 0.2) is 17.2 Å². The highest BCUT2D eigenvalue weighted by Gasteiger charge is 2.22. The zero-order valence-corrected chi connectivity index (χ0v) is 17.8. The fourth-order valence-corrected chi connectivity index (χ4v) is 3.60. The van der Waals surface area contributed by atoms with Crippen LogP contribution in [-0.4, -0.2) is 48.6 Å². The van der Waals surface area contributed by atoms with E-state index in [0.29, 0.717) is 27.9 Å². The standard InChI is InChI=1S/C21H24FN7O2/c1-11(5-6-13(3)28(4)20(30)16-7-8-31-27-16)18-25-19-15-10-14(22)9-12(2)17(15)24-21(23)29(19)26-18/h7-11,13H,5-6H2,1-4H3,(H2,23,24)/t11-,13-/m0/s1. The minimum absolute atomic E-state index is 0.00186. The number of carbonyl (C=O) groups excluding carboxylic acids is 1. The second kappa shape index (κ2) is 7.93. The molecule has 0 bridgehead atoms. The summed E-state index contributed by atoms with van der Waals surface area (Å²) in [6.07, 6.45) is 2.85. The van der Waals surface area contributed by atoms with E-state index >= 15 is 0 Å². The second-order valence-corrected chi connectivity index (χ2v) is 7.92. The summed E-state index contributed by atoms with van der Waals surface area (Å²) < 4.78 is 20.2. The molecule has 31 heavy (non-hydrogen) atoms. The highest BCUT2D eigenvalue weighted by Crippen LogP contribution is 2.27. The average Bonchev–Trinajstić information content (AvgIpc) is 3.42. The number of halogens is 1. The molecule has 4 aromatic rings. The zero-order chi connectivity index (χ0) is 22.3. The van der Waals surface area contributed by atoms with Crippen molar-refractivity contribution in [1.29, 1.82) is 0 Å². The Bertz CT molecular complexity index is 1250. The predicted molar refractivity (Wildman–Crippen MR) is 113 cm³/mol. The number of aromatic nitrogens is 5. The van der Waals surface area contributed by atoms with Crippen LogP contribution in [0.15, 0.2) is 29.0 Å². The molecule has 9 nitrogen and oxygen atoms in total. The lowest BCUT2D eigenvalue weighted by Crippen LogP contribution is -2.35. The predicted octanol–water partition coefficient (Wildman–Crippen LogP) is 3.34. The third-order valence-corrected chi connectivity index (χ3v) is 5.67. The van der Waals surface area contributed by atoms with Crippen molar-refractivity contribution < 1.29 is 13.7 Å². The monoisotopic (exact) mass is 425 g/mol. The summed E-state index contributed by atoms with van der Waals surface area (Å²) in [6, 6.07) is 4.35. The second-order valence-electron chi connectivity index (χ2n) is 7.92. The van der Waals surface area contributed by atoms with E-state index in [4.69, 9.17) is 10.3 Å². The van der Waals surface area contributed by atoms with Crippen LogP contribution in [0.2, 0.25) is 0 Å². The van der Waals surface area contributed by atoms with Crippen LogP contribution in [-0.2, 0) is 0 Å². The molecule has 0 saturated carbocycles. The number of benzene rings is 1. The van der Waals surface area contributed by atoms with E-state index in [1.165, 1.54) is 22.9 Å². The summed E-state index contributed by atoms with van der Waals surface area (Å²) >= 11 is 0. The Morgan fingerprint density at radius 1 is 1.29 bits per heavy atom. The molecule has 0 spiro atoms. The van der Waals surface area contributed by atoms with Crippen molar-refractivity contribution >= 4 is 28.4 Å². The lowest BCUT2D eigenvalue weighted by molar-refractivity contribution is 0.0724.